The van der Waals surface area contributed by atoms with Gasteiger partial charge in [0.25, 0.3) is 0 Å². The van der Waals surface area contributed by atoms with E-state index in [0.29, 0.717) is 5.69 Å². The topological polar surface area (TPSA) is 81.4 Å². The third-order valence-electron chi connectivity index (χ3n) is 4.29. The number of anilines is 1. The van der Waals surface area contributed by atoms with Gasteiger partial charge in [-0.25, -0.2) is 0 Å². The lowest BCUT2D eigenvalue weighted by atomic mass is 10.2. The molecular formula is C21H19N5O2S. The van der Waals surface area contributed by atoms with Gasteiger partial charge in [-0.3, -0.25) is 4.79 Å². The number of hydrogen-bond acceptors (Lipinski definition) is 6. The molecule has 0 radical (unpaired) electrons. The number of methoxy groups -OCH3 is 1. The minimum absolute atomic E-state index is 0.204. The smallest absolute Gasteiger partial charge is 0.248 e. The molecule has 0 aliphatic rings. The number of nitrogens with zero attached hydrogens (tertiary/aromatic N) is 4. The standard InChI is InChI=1S/C21H19N5O2S/c1-3-18-23-24-21-26(18)25-20(29-21)15-5-4-6-16(13-15)22-19(27)12-9-14-7-10-17(28-2)11-8-14/h4-13H,3H2,1-2H3,(H,22,27)/b12-9+. The highest BCUT2D eigenvalue weighted by Gasteiger charge is 2.12. The van der Waals surface area contributed by atoms with E-state index in [1.165, 1.54) is 17.4 Å². The third-order valence-corrected chi connectivity index (χ3v) is 5.24. The number of fused-ring (bicyclic) bond motifs is 1. The third kappa shape index (κ3) is 4.17. The van der Waals surface area contributed by atoms with Gasteiger partial charge < -0.3 is 10.1 Å². The lowest BCUT2D eigenvalue weighted by Crippen LogP contribution is -2.07. The summed E-state index contributed by atoms with van der Waals surface area (Å²) < 4.78 is 6.90. The van der Waals surface area contributed by atoms with Gasteiger partial charge in [0.2, 0.25) is 10.9 Å². The Morgan fingerprint density at radius 2 is 2.03 bits per heavy atom. The minimum Gasteiger partial charge on any atom is -0.497 e. The zero-order valence-electron chi connectivity index (χ0n) is 16.0. The zero-order chi connectivity index (χ0) is 20.2. The molecule has 146 valence electrons. The first-order valence-corrected chi connectivity index (χ1v) is 9.92. The van der Waals surface area contributed by atoms with Crippen molar-refractivity contribution in [3.05, 3.63) is 66.0 Å². The van der Waals surface area contributed by atoms with E-state index in [1.54, 1.807) is 17.7 Å². The highest BCUT2D eigenvalue weighted by atomic mass is 32.1. The van der Waals surface area contributed by atoms with E-state index in [9.17, 15) is 4.79 Å². The van der Waals surface area contributed by atoms with Crippen LogP contribution in [0.5, 0.6) is 5.75 Å². The molecule has 4 aromatic rings. The molecule has 2 aromatic carbocycles. The first-order chi connectivity index (χ1) is 14.2. The van der Waals surface area contributed by atoms with E-state index in [4.69, 9.17) is 4.74 Å². The number of hydrogen-bond donors (Lipinski definition) is 1. The summed E-state index contributed by atoms with van der Waals surface area (Å²) in [5.74, 6) is 1.40. The molecule has 0 saturated heterocycles. The van der Waals surface area contributed by atoms with E-state index in [1.807, 2.05) is 55.5 Å². The van der Waals surface area contributed by atoms with Crippen molar-refractivity contribution in [3.8, 4) is 16.3 Å². The normalized spacial score (nSPS) is 11.2. The van der Waals surface area contributed by atoms with Crippen LogP contribution in [0.25, 0.3) is 21.6 Å². The molecule has 8 heteroatoms. The second-order valence-electron chi connectivity index (χ2n) is 6.25. The predicted octanol–water partition coefficient (Wildman–Crippen LogP) is 4.08. The van der Waals surface area contributed by atoms with Crippen molar-refractivity contribution in [2.45, 2.75) is 13.3 Å². The number of ether oxygens (including phenoxy) is 1. The van der Waals surface area contributed by atoms with Crippen LogP contribution < -0.4 is 10.1 Å². The molecule has 0 atom stereocenters. The van der Waals surface area contributed by atoms with Crippen LogP contribution in [-0.2, 0) is 11.2 Å². The van der Waals surface area contributed by atoms with Crippen molar-refractivity contribution in [1.82, 2.24) is 19.8 Å². The average molecular weight is 405 g/mol. The molecule has 0 spiro atoms. The number of nitrogens with one attached hydrogen (secondary N) is 1. The van der Waals surface area contributed by atoms with E-state index in [2.05, 4.69) is 20.6 Å². The van der Waals surface area contributed by atoms with Crippen LogP contribution in [0.15, 0.2) is 54.6 Å². The molecule has 1 N–H and O–H groups in total. The quantitative estimate of drug-likeness (QED) is 0.489. The largest absolute Gasteiger partial charge is 0.497 e. The Labute approximate surface area is 171 Å². The fraction of sp³-hybridized carbons (Fsp3) is 0.143. The van der Waals surface area contributed by atoms with Gasteiger partial charge in [-0.2, -0.15) is 9.61 Å². The van der Waals surface area contributed by atoms with Crippen molar-refractivity contribution in [2.75, 3.05) is 12.4 Å². The fourth-order valence-electron chi connectivity index (χ4n) is 2.80. The van der Waals surface area contributed by atoms with Crippen LogP contribution in [0.4, 0.5) is 5.69 Å². The number of rotatable bonds is 6. The molecule has 0 bridgehead atoms. The molecule has 29 heavy (non-hydrogen) atoms. The molecular weight excluding hydrogens is 386 g/mol. The number of aromatic nitrogens is 4. The number of benzene rings is 2. The van der Waals surface area contributed by atoms with E-state index in [0.717, 1.165) is 39.1 Å². The molecule has 0 aliphatic heterocycles. The van der Waals surface area contributed by atoms with Gasteiger partial charge in [-0.1, -0.05) is 42.5 Å². The van der Waals surface area contributed by atoms with E-state index < -0.39 is 0 Å². The maximum Gasteiger partial charge on any atom is 0.248 e. The van der Waals surface area contributed by atoms with Gasteiger partial charge in [0.1, 0.15) is 10.8 Å². The van der Waals surface area contributed by atoms with Crippen molar-refractivity contribution in [2.24, 2.45) is 0 Å². The second-order valence-corrected chi connectivity index (χ2v) is 7.20. The average Bonchev–Trinajstić information content (AvgIpc) is 3.33. The van der Waals surface area contributed by atoms with Gasteiger partial charge in [0.05, 0.1) is 7.11 Å². The summed E-state index contributed by atoms with van der Waals surface area (Å²) in [5.41, 5.74) is 2.54. The van der Waals surface area contributed by atoms with Gasteiger partial charge in [0, 0.05) is 23.7 Å². The Hall–Kier alpha value is -3.52. The van der Waals surface area contributed by atoms with Crippen LogP contribution in [0, 0.1) is 0 Å². The molecule has 7 nitrogen and oxygen atoms in total. The summed E-state index contributed by atoms with van der Waals surface area (Å²) in [6.45, 7) is 2.02. The van der Waals surface area contributed by atoms with Crippen LogP contribution in [0.1, 0.15) is 18.3 Å². The van der Waals surface area contributed by atoms with Crippen molar-refractivity contribution in [1.29, 1.82) is 0 Å². The SMILES string of the molecule is CCc1nnc2sc(-c3cccc(NC(=O)/C=C/c4ccc(OC)cc4)c3)nn12. The van der Waals surface area contributed by atoms with E-state index in [-0.39, 0.29) is 5.91 Å². The summed E-state index contributed by atoms with van der Waals surface area (Å²) in [4.78, 5) is 13.0. The highest BCUT2D eigenvalue weighted by Crippen LogP contribution is 2.27. The Balaban J connectivity index is 1.48. The summed E-state index contributed by atoms with van der Waals surface area (Å²) >= 11 is 1.47. The Bertz CT molecular complexity index is 1180. The fourth-order valence-corrected chi connectivity index (χ4v) is 3.65. The molecule has 2 heterocycles. The van der Waals surface area contributed by atoms with Crippen molar-refractivity contribution in [3.63, 3.8) is 0 Å². The highest BCUT2D eigenvalue weighted by molar-refractivity contribution is 7.19. The maximum atomic E-state index is 12.3. The van der Waals surface area contributed by atoms with Gasteiger partial charge in [-0.05, 0) is 35.9 Å². The molecule has 0 fully saturated rings. The molecule has 4 rings (SSSR count). The molecule has 2 aromatic heterocycles. The van der Waals surface area contributed by atoms with Gasteiger partial charge >= 0.3 is 0 Å². The number of carbonyl (C=O) groups excluding carboxylic acids is 1. The predicted molar refractivity (Wildman–Crippen MR) is 114 cm³/mol. The summed E-state index contributed by atoms with van der Waals surface area (Å²) in [6.07, 6.45) is 4.03. The van der Waals surface area contributed by atoms with E-state index >= 15 is 0 Å². The number of amides is 1. The minimum atomic E-state index is -0.204. The molecule has 0 saturated carbocycles. The number of aryl methyl sites for hydroxylation is 1. The molecule has 0 aliphatic carbocycles. The Morgan fingerprint density at radius 3 is 2.79 bits per heavy atom. The second kappa shape index (κ2) is 8.24. The van der Waals surface area contributed by atoms with Gasteiger partial charge in [0.15, 0.2) is 5.82 Å². The summed E-state index contributed by atoms with van der Waals surface area (Å²) in [7, 11) is 1.62. The zero-order valence-corrected chi connectivity index (χ0v) is 16.8. The van der Waals surface area contributed by atoms with Crippen molar-refractivity contribution < 1.29 is 9.53 Å². The van der Waals surface area contributed by atoms with Crippen LogP contribution in [0.3, 0.4) is 0 Å². The molecule has 1 amide bonds. The Morgan fingerprint density at radius 1 is 1.21 bits per heavy atom. The van der Waals surface area contributed by atoms with Gasteiger partial charge in [-0.15, -0.1) is 10.2 Å². The van der Waals surface area contributed by atoms with Crippen molar-refractivity contribution >= 4 is 34.0 Å². The summed E-state index contributed by atoms with van der Waals surface area (Å²) in [5, 5.41) is 16.6. The van der Waals surface area contributed by atoms with Crippen LogP contribution >= 0.6 is 11.3 Å². The lowest BCUT2D eigenvalue weighted by molar-refractivity contribution is -0.111. The van der Waals surface area contributed by atoms with Crippen LogP contribution in [-0.4, -0.2) is 32.8 Å². The number of carbonyl (C=O) groups is 1. The first-order valence-electron chi connectivity index (χ1n) is 9.11. The molecule has 0 unspecified atom stereocenters. The lowest BCUT2D eigenvalue weighted by Gasteiger charge is -2.04. The maximum absolute atomic E-state index is 12.3. The monoisotopic (exact) mass is 405 g/mol. The summed E-state index contributed by atoms with van der Waals surface area (Å²) in [6, 6.07) is 15.1. The Kier molecular flexibility index (Phi) is 5.35. The van der Waals surface area contributed by atoms with Crippen LogP contribution in [0.2, 0.25) is 0 Å². The first kappa shape index (κ1) is 18.8.